The molecule has 5 heteroatoms. The van der Waals surface area contributed by atoms with Gasteiger partial charge in [-0.05, 0) is 38.5 Å². The van der Waals surface area contributed by atoms with Crippen LogP contribution in [0.2, 0.25) is 0 Å². The van der Waals surface area contributed by atoms with Crippen molar-refractivity contribution in [2.75, 3.05) is 6.61 Å². The number of allylic oxidation sites excluding steroid dienone is 2. The van der Waals surface area contributed by atoms with E-state index in [2.05, 4.69) is 31.3 Å². The van der Waals surface area contributed by atoms with Gasteiger partial charge in [0.1, 0.15) is 0 Å². The first-order valence-corrected chi connectivity index (χ1v) is 21.0. The third-order valence-corrected chi connectivity index (χ3v) is 9.83. The van der Waals surface area contributed by atoms with Crippen molar-refractivity contribution in [1.29, 1.82) is 0 Å². The Kier molecular flexibility index (Phi) is 37.2. The van der Waals surface area contributed by atoms with Crippen LogP contribution in [0.3, 0.4) is 0 Å². The van der Waals surface area contributed by atoms with Crippen LogP contribution in [-0.2, 0) is 4.79 Å². The quantitative estimate of drug-likeness (QED) is 0.0390. The average molecular weight is 666 g/mol. The first kappa shape index (κ1) is 46.1. The van der Waals surface area contributed by atoms with Gasteiger partial charge in [-0.2, -0.15) is 0 Å². The summed E-state index contributed by atoms with van der Waals surface area (Å²) >= 11 is 0. The zero-order valence-corrected chi connectivity index (χ0v) is 31.7. The molecule has 0 saturated carbocycles. The number of aliphatic hydroxyl groups excluding tert-OH is 3. The fraction of sp³-hybridized carbons (Fsp3) is 0.929. The largest absolute Gasteiger partial charge is 0.394 e. The van der Waals surface area contributed by atoms with Crippen LogP contribution in [0.4, 0.5) is 0 Å². The molecule has 0 aliphatic heterocycles. The summed E-state index contributed by atoms with van der Waals surface area (Å²) in [5.41, 5.74) is 0. The number of hydrogen-bond acceptors (Lipinski definition) is 4. The maximum absolute atomic E-state index is 12.4. The molecular formula is C42H83NO4. The number of amides is 1. The van der Waals surface area contributed by atoms with Gasteiger partial charge >= 0.3 is 0 Å². The molecule has 0 aliphatic rings. The summed E-state index contributed by atoms with van der Waals surface area (Å²) < 4.78 is 0. The Bertz CT molecular complexity index is 655. The van der Waals surface area contributed by atoms with Crippen LogP contribution in [0.5, 0.6) is 0 Å². The van der Waals surface area contributed by atoms with E-state index in [0.29, 0.717) is 12.8 Å². The summed E-state index contributed by atoms with van der Waals surface area (Å²) in [6, 6.07) is -0.654. The summed E-state index contributed by atoms with van der Waals surface area (Å²) in [5.74, 6) is -0.286. The number of carbonyl (C=O) groups is 1. The smallest absolute Gasteiger partial charge is 0.222 e. The Balaban J connectivity index is 3.56. The van der Waals surface area contributed by atoms with Crippen LogP contribution in [0, 0.1) is 0 Å². The van der Waals surface area contributed by atoms with Gasteiger partial charge in [0.05, 0.1) is 31.3 Å². The highest BCUT2D eigenvalue weighted by molar-refractivity contribution is 5.76. The van der Waals surface area contributed by atoms with Gasteiger partial charge in [0.25, 0.3) is 0 Å². The Morgan fingerprint density at radius 1 is 0.511 bits per heavy atom. The molecule has 4 N–H and O–H groups in total. The zero-order valence-electron chi connectivity index (χ0n) is 31.7. The molecule has 0 bridgehead atoms. The molecule has 0 saturated heterocycles. The molecule has 47 heavy (non-hydrogen) atoms. The normalized spacial score (nSPS) is 13.7. The molecule has 0 aliphatic carbocycles. The second-order valence-corrected chi connectivity index (χ2v) is 14.6. The minimum atomic E-state index is -0.745. The van der Waals surface area contributed by atoms with Crippen LogP contribution in [0.25, 0.3) is 0 Å². The summed E-state index contributed by atoms with van der Waals surface area (Å²) in [6.07, 6.45) is 43.3. The number of nitrogens with one attached hydrogen (secondary N) is 1. The number of aliphatic hydroxyl groups is 3. The van der Waals surface area contributed by atoms with Crippen molar-refractivity contribution in [3.63, 3.8) is 0 Å². The predicted octanol–water partition coefficient (Wildman–Crippen LogP) is 11.7. The van der Waals surface area contributed by atoms with Crippen molar-refractivity contribution in [1.82, 2.24) is 5.32 Å². The molecule has 0 radical (unpaired) electrons. The first-order valence-electron chi connectivity index (χ1n) is 21.0. The Morgan fingerprint density at radius 3 is 1.23 bits per heavy atom. The Labute approximate surface area is 293 Å². The van der Waals surface area contributed by atoms with E-state index in [0.717, 1.165) is 25.7 Å². The minimum absolute atomic E-state index is 0.0358. The molecule has 280 valence electrons. The Hall–Kier alpha value is -0.910. The molecule has 3 unspecified atom stereocenters. The number of rotatable bonds is 38. The lowest BCUT2D eigenvalue weighted by atomic mass is 10.0. The number of hydrogen-bond donors (Lipinski definition) is 4. The second-order valence-electron chi connectivity index (χ2n) is 14.6. The first-order chi connectivity index (χ1) is 23.0. The molecule has 1 amide bonds. The van der Waals surface area contributed by atoms with E-state index in [1.54, 1.807) is 0 Å². The molecule has 5 nitrogen and oxygen atoms in total. The van der Waals surface area contributed by atoms with E-state index in [4.69, 9.17) is 0 Å². The van der Waals surface area contributed by atoms with Crippen LogP contribution in [-0.4, -0.2) is 46.1 Å². The number of unbranched alkanes of at least 4 members (excludes halogenated alkanes) is 27. The molecule has 0 aromatic rings. The van der Waals surface area contributed by atoms with Gasteiger partial charge in [0.15, 0.2) is 0 Å². The summed E-state index contributed by atoms with van der Waals surface area (Å²) in [6.45, 7) is 4.24. The van der Waals surface area contributed by atoms with Gasteiger partial charge in [0, 0.05) is 0 Å². The molecule has 3 atom stereocenters. The molecule has 0 heterocycles. The standard InChI is InChI=1S/C42H83NO4/c1-3-5-7-9-11-13-14-15-16-17-18-19-20-21-22-23-24-25-26-28-29-31-33-35-39(45)37-42(47)43-40(38-44)41(46)36-34-32-30-27-12-10-8-6-4-2/h21-22,39-41,44-46H,3-20,23-38H2,1-2H3,(H,43,47)/b22-21-. The van der Waals surface area contributed by atoms with Gasteiger partial charge in [-0.15, -0.1) is 0 Å². The monoisotopic (exact) mass is 666 g/mol. The third kappa shape index (κ3) is 34.7. The highest BCUT2D eigenvalue weighted by Gasteiger charge is 2.21. The SMILES string of the molecule is CCCCCCCCCCCCCC/C=C\CCCCCCCCCC(O)CC(=O)NC(CO)C(O)CCCCCCCCCCC. The van der Waals surface area contributed by atoms with Crippen LogP contribution in [0.1, 0.15) is 226 Å². The van der Waals surface area contributed by atoms with E-state index in [9.17, 15) is 20.1 Å². The molecule has 0 rings (SSSR count). The van der Waals surface area contributed by atoms with Crippen molar-refractivity contribution in [2.45, 2.75) is 244 Å². The average Bonchev–Trinajstić information content (AvgIpc) is 3.06. The summed E-state index contributed by atoms with van der Waals surface area (Å²) in [4.78, 5) is 12.4. The van der Waals surface area contributed by atoms with Gasteiger partial charge in [0.2, 0.25) is 5.91 Å². The van der Waals surface area contributed by atoms with E-state index < -0.39 is 18.2 Å². The summed E-state index contributed by atoms with van der Waals surface area (Å²) in [7, 11) is 0. The maximum atomic E-state index is 12.4. The summed E-state index contributed by atoms with van der Waals surface area (Å²) in [5, 5.41) is 33.2. The topological polar surface area (TPSA) is 89.8 Å². The number of carbonyl (C=O) groups excluding carboxylic acids is 1. The molecule has 0 aromatic carbocycles. The molecule has 0 fully saturated rings. The molecule has 0 aromatic heterocycles. The van der Waals surface area contributed by atoms with E-state index in [1.165, 1.54) is 167 Å². The van der Waals surface area contributed by atoms with Gasteiger partial charge in [-0.3, -0.25) is 4.79 Å². The minimum Gasteiger partial charge on any atom is -0.394 e. The molecular weight excluding hydrogens is 582 g/mol. The Morgan fingerprint density at radius 2 is 0.851 bits per heavy atom. The van der Waals surface area contributed by atoms with Crippen molar-refractivity contribution >= 4 is 5.91 Å². The maximum Gasteiger partial charge on any atom is 0.222 e. The highest BCUT2D eigenvalue weighted by atomic mass is 16.3. The van der Waals surface area contributed by atoms with Crippen LogP contribution >= 0.6 is 0 Å². The highest BCUT2D eigenvalue weighted by Crippen LogP contribution is 2.16. The van der Waals surface area contributed by atoms with Crippen LogP contribution < -0.4 is 5.32 Å². The fourth-order valence-corrected chi connectivity index (χ4v) is 6.58. The fourth-order valence-electron chi connectivity index (χ4n) is 6.58. The lowest BCUT2D eigenvalue weighted by Gasteiger charge is -2.23. The predicted molar refractivity (Wildman–Crippen MR) is 204 cm³/mol. The van der Waals surface area contributed by atoms with Crippen molar-refractivity contribution < 1.29 is 20.1 Å². The lowest BCUT2D eigenvalue weighted by Crippen LogP contribution is -2.46. The van der Waals surface area contributed by atoms with Gasteiger partial charge in [-0.1, -0.05) is 193 Å². The van der Waals surface area contributed by atoms with Crippen LogP contribution in [0.15, 0.2) is 12.2 Å². The van der Waals surface area contributed by atoms with E-state index in [-0.39, 0.29) is 18.9 Å². The molecule has 0 spiro atoms. The van der Waals surface area contributed by atoms with E-state index >= 15 is 0 Å². The van der Waals surface area contributed by atoms with Gasteiger partial charge in [-0.25, -0.2) is 0 Å². The zero-order chi connectivity index (χ0) is 34.5. The van der Waals surface area contributed by atoms with Crippen molar-refractivity contribution in [2.24, 2.45) is 0 Å². The van der Waals surface area contributed by atoms with Crippen molar-refractivity contribution in [3.8, 4) is 0 Å². The third-order valence-electron chi connectivity index (χ3n) is 9.83. The second kappa shape index (κ2) is 37.9. The van der Waals surface area contributed by atoms with Crippen molar-refractivity contribution in [3.05, 3.63) is 12.2 Å². The van der Waals surface area contributed by atoms with E-state index in [1.807, 2.05) is 0 Å². The lowest BCUT2D eigenvalue weighted by molar-refractivity contribution is -0.125. The van der Waals surface area contributed by atoms with Gasteiger partial charge < -0.3 is 20.6 Å².